The lowest BCUT2D eigenvalue weighted by molar-refractivity contribution is 0.103. The van der Waals surface area contributed by atoms with E-state index in [0.717, 1.165) is 27.9 Å². The van der Waals surface area contributed by atoms with E-state index in [0.29, 0.717) is 23.9 Å². The lowest BCUT2D eigenvalue weighted by Gasteiger charge is -2.10. The number of rotatable bonds is 8. The summed E-state index contributed by atoms with van der Waals surface area (Å²) in [4.78, 5) is 0.0450. The molecule has 0 bridgehead atoms. The molecule has 8 heteroatoms. The van der Waals surface area contributed by atoms with Crippen LogP contribution in [0, 0.1) is 0 Å². The van der Waals surface area contributed by atoms with E-state index in [2.05, 4.69) is 0 Å². The minimum Gasteiger partial charge on any atom is -0.370 e. The highest BCUT2D eigenvalue weighted by Gasteiger charge is 2.21. The van der Waals surface area contributed by atoms with Crippen LogP contribution in [0.15, 0.2) is 89.8 Å². The van der Waals surface area contributed by atoms with Crippen molar-refractivity contribution < 1.29 is 13.2 Å². The summed E-state index contributed by atoms with van der Waals surface area (Å²) in [5.41, 5.74) is 5.19. The molecule has 4 aromatic rings. The summed E-state index contributed by atoms with van der Waals surface area (Å²) < 4.78 is 31.3. The monoisotopic (exact) mass is 493 g/mol. The van der Waals surface area contributed by atoms with Gasteiger partial charge in [0.05, 0.1) is 23.8 Å². The predicted octanol–water partition coefficient (Wildman–Crippen LogP) is 5.73. The highest BCUT2D eigenvalue weighted by Crippen LogP contribution is 2.36. The van der Waals surface area contributed by atoms with Crippen LogP contribution in [-0.2, 0) is 28.0 Å². The minimum atomic E-state index is -3.79. The van der Waals surface area contributed by atoms with Crippen molar-refractivity contribution in [1.29, 1.82) is 0 Å². The molecule has 0 radical (unpaired) electrons. The fourth-order valence-electron chi connectivity index (χ4n) is 3.64. The Morgan fingerprint density at radius 2 is 1.59 bits per heavy atom. The Kier molecular flexibility index (Phi) is 7.29. The van der Waals surface area contributed by atoms with Crippen molar-refractivity contribution in [3.63, 3.8) is 0 Å². The van der Waals surface area contributed by atoms with E-state index in [4.69, 9.17) is 26.6 Å². The van der Waals surface area contributed by atoms with Crippen LogP contribution in [0.5, 0.6) is 0 Å². The van der Waals surface area contributed by atoms with E-state index in [9.17, 15) is 8.42 Å². The molecule has 3 aromatic carbocycles. The van der Waals surface area contributed by atoms with Crippen molar-refractivity contribution in [2.24, 2.45) is 5.14 Å². The third-order valence-electron chi connectivity index (χ3n) is 5.24. The number of ether oxygens (including phenoxy) is 1. The number of hydrogen-bond donors (Lipinski definition) is 1. The lowest BCUT2D eigenvalue weighted by Crippen LogP contribution is -2.11. The molecule has 2 N–H and O–H groups in total. The van der Waals surface area contributed by atoms with E-state index < -0.39 is 10.0 Å². The average Bonchev–Trinajstić information content (AvgIpc) is 3.18. The number of hydrogen-bond acceptors (Lipinski definition) is 4. The minimum absolute atomic E-state index is 0.0450. The van der Waals surface area contributed by atoms with Crippen LogP contribution in [0.25, 0.3) is 28.6 Å². The molecule has 0 aliphatic carbocycles. The first-order chi connectivity index (χ1) is 16.4. The molecule has 0 saturated heterocycles. The normalized spacial score (nSPS) is 11.9. The third kappa shape index (κ3) is 5.46. The molecule has 0 unspecified atom stereocenters. The number of nitrogens with zero attached hydrogens (tertiary/aromatic N) is 2. The Labute approximate surface area is 204 Å². The summed E-state index contributed by atoms with van der Waals surface area (Å²) >= 11 is 6.14. The molecule has 6 nitrogen and oxygen atoms in total. The maximum absolute atomic E-state index is 11.7. The fraction of sp³-hybridized carbons (Fsp3) is 0.115. The zero-order valence-corrected chi connectivity index (χ0v) is 20.1. The third-order valence-corrected chi connectivity index (χ3v) is 6.42. The van der Waals surface area contributed by atoms with Gasteiger partial charge in [-0.3, -0.25) is 0 Å². The Bertz CT molecular complexity index is 1400. The summed E-state index contributed by atoms with van der Waals surface area (Å²) in [5.74, 6) is 0. The number of nitrogens with two attached hydrogens (primary N) is 1. The quantitative estimate of drug-likeness (QED) is 0.340. The highest BCUT2D eigenvalue weighted by atomic mass is 35.5. The smallest absolute Gasteiger partial charge is 0.238 e. The molecule has 1 aromatic heterocycles. The zero-order valence-electron chi connectivity index (χ0n) is 18.6. The van der Waals surface area contributed by atoms with Crippen LogP contribution < -0.4 is 5.14 Å². The van der Waals surface area contributed by atoms with Crippen LogP contribution in [0.1, 0.15) is 18.2 Å². The van der Waals surface area contributed by atoms with Gasteiger partial charge in [-0.15, -0.1) is 0 Å². The van der Waals surface area contributed by atoms with Gasteiger partial charge in [-0.25, -0.2) is 18.2 Å². The summed E-state index contributed by atoms with van der Waals surface area (Å²) in [6.07, 6.45) is 3.76. The van der Waals surface area contributed by atoms with Crippen molar-refractivity contribution in [3.05, 3.63) is 101 Å². The largest absolute Gasteiger partial charge is 0.370 e. The average molecular weight is 494 g/mol. The van der Waals surface area contributed by atoms with E-state index in [1.165, 1.54) is 12.1 Å². The van der Waals surface area contributed by atoms with Gasteiger partial charge in [0.1, 0.15) is 5.69 Å². The molecule has 1 heterocycles. The predicted molar refractivity (Wildman–Crippen MR) is 135 cm³/mol. The first kappa shape index (κ1) is 23.9. The van der Waals surface area contributed by atoms with E-state index in [1.807, 2.05) is 73.8 Å². The molecule has 34 heavy (non-hydrogen) atoms. The van der Waals surface area contributed by atoms with Crippen LogP contribution >= 0.6 is 11.6 Å². The first-order valence-electron chi connectivity index (χ1n) is 10.6. The second kappa shape index (κ2) is 10.4. The van der Waals surface area contributed by atoms with Gasteiger partial charge in [0, 0.05) is 22.3 Å². The van der Waals surface area contributed by atoms with E-state index in [1.54, 1.807) is 16.8 Å². The molecular formula is C26H24ClN3O3S. The standard InChI is InChI=1S/C26H24ClN3O3S/c1-2-16-30-24(18-33-17-19-6-4-3-5-7-19)25(20-8-12-22(27)13-9-20)26(29-30)21-10-14-23(15-11-21)34(28,31)32/h2-16H,17-18H2,1H3,(H2,28,31,32). The second-order valence-electron chi connectivity index (χ2n) is 7.65. The molecule has 0 spiro atoms. The zero-order chi connectivity index (χ0) is 24.1. The topological polar surface area (TPSA) is 87.2 Å². The summed E-state index contributed by atoms with van der Waals surface area (Å²) in [7, 11) is -3.79. The van der Waals surface area contributed by atoms with Crippen molar-refractivity contribution in [2.75, 3.05) is 0 Å². The Morgan fingerprint density at radius 1 is 0.941 bits per heavy atom. The molecule has 0 fully saturated rings. The molecular weight excluding hydrogens is 470 g/mol. The van der Waals surface area contributed by atoms with Gasteiger partial charge in [-0.05, 0) is 42.3 Å². The van der Waals surface area contributed by atoms with Crippen LogP contribution in [0.2, 0.25) is 5.02 Å². The van der Waals surface area contributed by atoms with Crippen molar-refractivity contribution in [1.82, 2.24) is 9.78 Å². The van der Waals surface area contributed by atoms with Crippen LogP contribution in [0.3, 0.4) is 0 Å². The SMILES string of the molecule is CC=Cn1nc(-c2ccc(S(N)(=O)=O)cc2)c(-c2ccc(Cl)cc2)c1COCc1ccccc1. The van der Waals surface area contributed by atoms with Gasteiger partial charge in [-0.2, -0.15) is 5.10 Å². The molecule has 174 valence electrons. The summed E-state index contributed by atoms with van der Waals surface area (Å²) in [6.45, 7) is 2.69. The molecule has 0 amide bonds. The Morgan fingerprint density at radius 3 is 2.21 bits per heavy atom. The molecule has 0 aliphatic heterocycles. The van der Waals surface area contributed by atoms with Crippen LogP contribution in [-0.4, -0.2) is 18.2 Å². The van der Waals surface area contributed by atoms with Gasteiger partial charge < -0.3 is 4.74 Å². The van der Waals surface area contributed by atoms with Gasteiger partial charge in [0.2, 0.25) is 10.0 Å². The van der Waals surface area contributed by atoms with Crippen molar-refractivity contribution in [2.45, 2.75) is 25.0 Å². The summed E-state index contributed by atoms with van der Waals surface area (Å²) in [6, 6.07) is 23.8. The maximum atomic E-state index is 11.7. The number of aromatic nitrogens is 2. The van der Waals surface area contributed by atoms with Gasteiger partial charge >= 0.3 is 0 Å². The Hall–Kier alpha value is -3.23. The fourth-order valence-corrected chi connectivity index (χ4v) is 4.28. The number of benzene rings is 3. The van der Waals surface area contributed by atoms with Crippen molar-refractivity contribution in [3.8, 4) is 22.4 Å². The van der Waals surface area contributed by atoms with E-state index >= 15 is 0 Å². The van der Waals surface area contributed by atoms with Crippen molar-refractivity contribution >= 4 is 27.8 Å². The molecule has 0 aliphatic rings. The highest BCUT2D eigenvalue weighted by molar-refractivity contribution is 7.89. The van der Waals surface area contributed by atoms with Gasteiger partial charge in [-0.1, -0.05) is 72.3 Å². The molecule has 0 atom stereocenters. The number of allylic oxidation sites excluding steroid dienone is 1. The first-order valence-corrected chi connectivity index (χ1v) is 12.5. The Balaban J connectivity index is 1.80. The number of sulfonamides is 1. The van der Waals surface area contributed by atoms with Crippen LogP contribution in [0.4, 0.5) is 0 Å². The number of halogens is 1. The lowest BCUT2D eigenvalue weighted by atomic mass is 9.99. The van der Waals surface area contributed by atoms with Gasteiger partial charge in [0.15, 0.2) is 0 Å². The maximum Gasteiger partial charge on any atom is 0.238 e. The van der Waals surface area contributed by atoms with Gasteiger partial charge in [0.25, 0.3) is 0 Å². The second-order valence-corrected chi connectivity index (χ2v) is 9.65. The molecule has 4 rings (SSSR count). The molecule has 0 saturated carbocycles. The summed E-state index contributed by atoms with van der Waals surface area (Å²) in [5, 5.41) is 10.7. The number of primary sulfonamides is 1. The van der Waals surface area contributed by atoms with E-state index in [-0.39, 0.29) is 4.90 Å².